The summed E-state index contributed by atoms with van der Waals surface area (Å²) >= 11 is 0. The Morgan fingerprint density at radius 2 is 1.75 bits per heavy atom. The van der Waals surface area contributed by atoms with Gasteiger partial charge in [-0.15, -0.1) is 0 Å². The van der Waals surface area contributed by atoms with Gasteiger partial charge in [0, 0.05) is 5.57 Å². The molecule has 0 aliphatic heterocycles. The van der Waals surface area contributed by atoms with Crippen molar-refractivity contribution in [2.45, 2.75) is 65.9 Å². The lowest BCUT2D eigenvalue weighted by molar-refractivity contribution is -0.149. The third kappa shape index (κ3) is 3.99. The fraction of sp³-hybridized carbons (Fsp3) is 0.786. The summed E-state index contributed by atoms with van der Waals surface area (Å²) in [6.07, 6.45) is 7.03. The quantitative estimate of drug-likeness (QED) is 0.526. The van der Waals surface area contributed by atoms with Gasteiger partial charge in [-0.25, -0.2) is 4.79 Å². The van der Waals surface area contributed by atoms with Crippen LogP contribution in [-0.4, -0.2) is 11.6 Å². The molecule has 16 heavy (non-hydrogen) atoms. The van der Waals surface area contributed by atoms with E-state index in [1.54, 1.807) is 0 Å². The number of ether oxygens (including phenoxy) is 1. The van der Waals surface area contributed by atoms with Gasteiger partial charge in [0.15, 0.2) is 0 Å². The number of carbonyl (C=O) groups is 1. The minimum atomic E-state index is -0.400. The summed E-state index contributed by atoms with van der Waals surface area (Å²) in [7, 11) is 0. The number of hydrogen-bond acceptors (Lipinski definition) is 2. The van der Waals surface area contributed by atoms with Crippen molar-refractivity contribution in [1.82, 2.24) is 0 Å². The van der Waals surface area contributed by atoms with Crippen LogP contribution in [0.4, 0.5) is 0 Å². The summed E-state index contributed by atoms with van der Waals surface area (Å²) in [6, 6.07) is 0. The van der Waals surface area contributed by atoms with Gasteiger partial charge in [-0.05, 0) is 46.0 Å². The van der Waals surface area contributed by atoms with E-state index < -0.39 is 5.60 Å². The lowest BCUT2D eigenvalue weighted by Crippen LogP contribution is -2.25. The van der Waals surface area contributed by atoms with Crippen molar-refractivity contribution in [3.8, 4) is 0 Å². The predicted molar refractivity (Wildman–Crippen MR) is 66.2 cm³/mol. The highest BCUT2D eigenvalue weighted by Crippen LogP contribution is 2.39. The van der Waals surface area contributed by atoms with E-state index in [4.69, 9.17) is 4.74 Å². The molecule has 2 nitrogen and oxygen atoms in total. The Hall–Kier alpha value is -0.790. The van der Waals surface area contributed by atoms with E-state index in [-0.39, 0.29) is 11.4 Å². The van der Waals surface area contributed by atoms with Crippen LogP contribution in [0.2, 0.25) is 0 Å². The van der Waals surface area contributed by atoms with Gasteiger partial charge in [-0.2, -0.15) is 0 Å². The molecule has 1 rings (SSSR count). The Morgan fingerprint density at radius 3 is 2.19 bits per heavy atom. The Kier molecular flexibility index (Phi) is 3.82. The molecule has 0 unspecified atom stereocenters. The Labute approximate surface area is 99.1 Å². The molecule has 0 bridgehead atoms. The maximum Gasteiger partial charge on any atom is 0.333 e. The van der Waals surface area contributed by atoms with Crippen molar-refractivity contribution in [1.29, 1.82) is 0 Å². The second kappa shape index (κ2) is 4.60. The smallest absolute Gasteiger partial charge is 0.333 e. The van der Waals surface area contributed by atoms with Gasteiger partial charge in [0.25, 0.3) is 0 Å². The number of hydrogen-bond donors (Lipinski definition) is 0. The van der Waals surface area contributed by atoms with Gasteiger partial charge in [0.2, 0.25) is 0 Å². The standard InChI is InChI=1S/C14H24O2/c1-11(12(15)16-13(2,3)4)10-14(5)8-6-7-9-14/h10H,6-9H2,1-5H3. The van der Waals surface area contributed by atoms with Gasteiger partial charge < -0.3 is 4.74 Å². The Morgan fingerprint density at radius 1 is 1.25 bits per heavy atom. The van der Waals surface area contributed by atoms with E-state index in [0.29, 0.717) is 0 Å². The van der Waals surface area contributed by atoms with Gasteiger partial charge in [0.1, 0.15) is 5.60 Å². The predicted octanol–water partition coefficient (Wildman–Crippen LogP) is 3.85. The Balaban J connectivity index is 2.66. The first-order chi connectivity index (χ1) is 7.22. The molecular weight excluding hydrogens is 200 g/mol. The first-order valence-corrected chi connectivity index (χ1v) is 6.15. The third-order valence-electron chi connectivity index (χ3n) is 3.03. The lowest BCUT2D eigenvalue weighted by atomic mass is 9.87. The van der Waals surface area contributed by atoms with Crippen LogP contribution in [0.3, 0.4) is 0 Å². The second-order valence-electron chi connectivity index (χ2n) is 6.19. The molecule has 0 aromatic carbocycles. The van der Waals surface area contributed by atoms with Crippen LogP contribution in [0.15, 0.2) is 11.6 Å². The number of esters is 1. The maximum absolute atomic E-state index is 11.8. The molecule has 0 heterocycles. The first kappa shape index (κ1) is 13.3. The molecule has 0 saturated heterocycles. The third-order valence-corrected chi connectivity index (χ3v) is 3.03. The van der Waals surface area contributed by atoms with Crippen LogP contribution in [0.1, 0.15) is 60.3 Å². The first-order valence-electron chi connectivity index (χ1n) is 6.15. The summed E-state index contributed by atoms with van der Waals surface area (Å²) < 4.78 is 5.35. The van der Waals surface area contributed by atoms with E-state index >= 15 is 0 Å². The number of carbonyl (C=O) groups excluding carboxylic acids is 1. The maximum atomic E-state index is 11.8. The van der Waals surface area contributed by atoms with E-state index in [1.165, 1.54) is 25.7 Å². The van der Waals surface area contributed by atoms with Gasteiger partial charge >= 0.3 is 5.97 Å². The van der Waals surface area contributed by atoms with Gasteiger partial charge in [-0.1, -0.05) is 25.8 Å². The van der Waals surface area contributed by atoms with E-state index in [1.807, 2.05) is 27.7 Å². The summed E-state index contributed by atoms with van der Waals surface area (Å²) in [5.74, 6) is -0.180. The highest BCUT2D eigenvalue weighted by Gasteiger charge is 2.28. The zero-order valence-electron chi connectivity index (χ0n) is 11.2. The van der Waals surface area contributed by atoms with Crippen molar-refractivity contribution in [3.05, 3.63) is 11.6 Å². The monoisotopic (exact) mass is 224 g/mol. The fourth-order valence-electron chi connectivity index (χ4n) is 2.27. The van der Waals surface area contributed by atoms with Crippen LogP contribution in [0, 0.1) is 5.41 Å². The minimum absolute atomic E-state index is 0.180. The average molecular weight is 224 g/mol. The largest absolute Gasteiger partial charge is 0.457 e. The molecule has 0 N–H and O–H groups in total. The molecular formula is C14H24O2. The van der Waals surface area contributed by atoms with Gasteiger partial charge in [0.05, 0.1) is 0 Å². The molecule has 2 heteroatoms. The van der Waals surface area contributed by atoms with Crippen molar-refractivity contribution in [2.75, 3.05) is 0 Å². The summed E-state index contributed by atoms with van der Waals surface area (Å²) in [5.41, 5.74) is 0.559. The molecule has 0 aromatic rings. The fourth-order valence-corrected chi connectivity index (χ4v) is 2.27. The molecule has 0 spiro atoms. The van der Waals surface area contributed by atoms with Crippen LogP contribution < -0.4 is 0 Å². The number of allylic oxidation sites excluding steroid dienone is 1. The van der Waals surface area contributed by atoms with Crippen LogP contribution in [0.5, 0.6) is 0 Å². The van der Waals surface area contributed by atoms with Crippen molar-refractivity contribution >= 4 is 5.97 Å². The van der Waals surface area contributed by atoms with Crippen LogP contribution in [0.25, 0.3) is 0 Å². The number of rotatable bonds is 2. The summed E-state index contributed by atoms with van der Waals surface area (Å²) in [4.78, 5) is 11.8. The average Bonchev–Trinajstić information content (AvgIpc) is 2.48. The topological polar surface area (TPSA) is 26.3 Å². The van der Waals surface area contributed by atoms with Crippen molar-refractivity contribution < 1.29 is 9.53 Å². The van der Waals surface area contributed by atoms with Gasteiger partial charge in [-0.3, -0.25) is 0 Å². The van der Waals surface area contributed by atoms with Crippen molar-refractivity contribution in [2.24, 2.45) is 5.41 Å². The zero-order valence-corrected chi connectivity index (χ0v) is 11.2. The lowest BCUT2D eigenvalue weighted by Gasteiger charge is -2.22. The summed E-state index contributed by atoms with van der Waals surface area (Å²) in [6.45, 7) is 9.78. The molecule has 1 aliphatic rings. The van der Waals surface area contributed by atoms with Crippen LogP contribution in [-0.2, 0) is 9.53 Å². The van der Waals surface area contributed by atoms with Crippen molar-refractivity contribution in [3.63, 3.8) is 0 Å². The second-order valence-corrected chi connectivity index (χ2v) is 6.19. The highest BCUT2D eigenvalue weighted by molar-refractivity contribution is 5.88. The molecule has 1 saturated carbocycles. The Bertz CT molecular complexity index is 288. The molecule has 0 amide bonds. The van der Waals surface area contributed by atoms with Crippen LogP contribution >= 0.6 is 0 Å². The van der Waals surface area contributed by atoms with E-state index in [0.717, 1.165) is 5.57 Å². The molecule has 0 aromatic heterocycles. The van der Waals surface area contributed by atoms with E-state index in [2.05, 4.69) is 13.0 Å². The SMILES string of the molecule is CC(=CC1(C)CCCC1)C(=O)OC(C)(C)C. The van der Waals surface area contributed by atoms with E-state index in [9.17, 15) is 4.79 Å². The minimum Gasteiger partial charge on any atom is -0.457 e. The molecule has 92 valence electrons. The highest BCUT2D eigenvalue weighted by atomic mass is 16.6. The normalized spacial score (nSPS) is 20.9. The molecule has 1 fully saturated rings. The molecule has 0 atom stereocenters. The molecule has 1 aliphatic carbocycles. The summed E-state index contributed by atoms with van der Waals surface area (Å²) in [5, 5.41) is 0. The zero-order chi connectivity index (χ0) is 12.4. The molecule has 0 radical (unpaired) electrons.